The third-order valence-corrected chi connectivity index (χ3v) is 2.57. The predicted octanol–water partition coefficient (Wildman–Crippen LogP) is 1.60. The molecule has 0 spiro atoms. The van der Waals surface area contributed by atoms with E-state index in [2.05, 4.69) is 15.5 Å². The number of nitrogens with zero attached hydrogens (tertiary/aromatic N) is 2. The van der Waals surface area contributed by atoms with Crippen molar-refractivity contribution in [1.29, 1.82) is 0 Å². The van der Waals surface area contributed by atoms with E-state index in [1.807, 2.05) is 6.92 Å². The molecule has 1 N–H and O–H groups in total. The van der Waals surface area contributed by atoms with Crippen molar-refractivity contribution in [1.82, 2.24) is 15.5 Å². The second-order valence-electron chi connectivity index (χ2n) is 3.58. The summed E-state index contributed by atoms with van der Waals surface area (Å²) in [5.74, 6) is 0.728. The van der Waals surface area contributed by atoms with Crippen LogP contribution in [0.3, 0.4) is 0 Å². The Balaban J connectivity index is 0.00000112. The SMILES string of the molecule is CCc1nc(C2(F)CCNCC2)no1.Cl. The van der Waals surface area contributed by atoms with E-state index in [4.69, 9.17) is 4.52 Å². The maximum absolute atomic E-state index is 14.2. The topological polar surface area (TPSA) is 51.0 Å². The van der Waals surface area contributed by atoms with Crippen LogP contribution in [0.5, 0.6) is 0 Å². The van der Waals surface area contributed by atoms with Crippen LogP contribution in [-0.4, -0.2) is 23.2 Å². The molecule has 0 saturated carbocycles. The van der Waals surface area contributed by atoms with E-state index >= 15 is 0 Å². The van der Waals surface area contributed by atoms with Crippen LogP contribution in [0.1, 0.15) is 31.5 Å². The first-order chi connectivity index (χ1) is 6.74. The molecule has 2 rings (SSSR count). The summed E-state index contributed by atoms with van der Waals surface area (Å²) in [4.78, 5) is 4.04. The van der Waals surface area contributed by atoms with Gasteiger partial charge in [0.25, 0.3) is 0 Å². The molecule has 0 bridgehead atoms. The first-order valence-corrected chi connectivity index (χ1v) is 4.97. The zero-order valence-corrected chi connectivity index (χ0v) is 9.44. The minimum atomic E-state index is -1.39. The Bertz CT molecular complexity index is 312. The molecule has 6 heteroatoms. The van der Waals surface area contributed by atoms with E-state index in [0.29, 0.717) is 38.2 Å². The van der Waals surface area contributed by atoms with Gasteiger partial charge in [-0.25, -0.2) is 4.39 Å². The van der Waals surface area contributed by atoms with Crippen LogP contribution in [0, 0.1) is 0 Å². The van der Waals surface area contributed by atoms with Gasteiger partial charge in [0.2, 0.25) is 11.7 Å². The van der Waals surface area contributed by atoms with Crippen molar-refractivity contribution >= 4 is 12.4 Å². The van der Waals surface area contributed by atoms with Gasteiger partial charge in [0, 0.05) is 19.3 Å². The highest BCUT2D eigenvalue weighted by Crippen LogP contribution is 2.32. The van der Waals surface area contributed by atoms with Gasteiger partial charge >= 0.3 is 0 Å². The van der Waals surface area contributed by atoms with E-state index in [0.717, 1.165) is 0 Å². The minimum Gasteiger partial charge on any atom is -0.339 e. The number of hydrogen-bond donors (Lipinski definition) is 1. The van der Waals surface area contributed by atoms with Crippen molar-refractivity contribution in [3.05, 3.63) is 11.7 Å². The Morgan fingerprint density at radius 3 is 2.67 bits per heavy atom. The molecule has 1 aromatic rings. The van der Waals surface area contributed by atoms with E-state index in [1.165, 1.54) is 0 Å². The number of hydrogen-bond acceptors (Lipinski definition) is 4. The van der Waals surface area contributed by atoms with E-state index < -0.39 is 5.67 Å². The van der Waals surface area contributed by atoms with Crippen molar-refractivity contribution in [3.63, 3.8) is 0 Å². The number of halogens is 2. The molecule has 0 aliphatic carbocycles. The van der Waals surface area contributed by atoms with E-state index in [9.17, 15) is 4.39 Å². The molecule has 1 aliphatic rings. The summed E-state index contributed by atoms with van der Waals surface area (Å²) in [6, 6.07) is 0. The average Bonchev–Trinajstić information content (AvgIpc) is 2.67. The Hall–Kier alpha value is -0.680. The van der Waals surface area contributed by atoms with Crippen molar-refractivity contribution < 1.29 is 8.91 Å². The number of piperidine rings is 1. The summed E-state index contributed by atoms with van der Waals surface area (Å²) in [6.07, 6.45) is 1.51. The monoisotopic (exact) mass is 235 g/mol. The average molecular weight is 236 g/mol. The first kappa shape index (κ1) is 12.4. The molecular formula is C9H15ClFN3O. The lowest BCUT2D eigenvalue weighted by Gasteiger charge is -2.26. The Kier molecular flexibility index (Phi) is 4.04. The molecule has 1 saturated heterocycles. The number of nitrogens with one attached hydrogen (secondary N) is 1. The maximum Gasteiger partial charge on any atom is 0.226 e. The lowest BCUT2D eigenvalue weighted by atomic mass is 9.94. The summed E-state index contributed by atoms with van der Waals surface area (Å²) >= 11 is 0. The molecule has 0 unspecified atom stereocenters. The summed E-state index contributed by atoms with van der Waals surface area (Å²) in [7, 11) is 0. The standard InChI is InChI=1S/C9H14FN3O.ClH/c1-2-7-12-8(13-14-7)9(10)3-5-11-6-4-9;/h11H,2-6H2,1H3;1H. The van der Waals surface area contributed by atoms with Crippen LogP contribution in [0.4, 0.5) is 4.39 Å². The lowest BCUT2D eigenvalue weighted by molar-refractivity contribution is 0.101. The van der Waals surface area contributed by atoms with Gasteiger partial charge in [-0.15, -0.1) is 12.4 Å². The van der Waals surface area contributed by atoms with Crippen LogP contribution >= 0.6 is 12.4 Å². The van der Waals surface area contributed by atoms with Gasteiger partial charge in [-0.2, -0.15) is 4.98 Å². The number of aryl methyl sites for hydroxylation is 1. The third kappa shape index (κ3) is 2.46. The zero-order chi connectivity index (χ0) is 10.0. The largest absolute Gasteiger partial charge is 0.339 e. The van der Waals surface area contributed by atoms with Crippen LogP contribution < -0.4 is 5.32 Å². The van der Waals surface area contributed by atoms with E-state index in [1.54, 1.807) is 0 Å². The molecular weight excluding hydrogens is 221 g/mol. The molecule has 1 aromatic heterocycles. The fraction of sp³-hybridized carbons (Fsp3) is 0.778. The van der Waals surface area contributed by atoms with Crippen LogP contribution in [0.25, 0.3) is 0 Å². The molecule has 86 valence electrons. The maximum atomic E-state index is 14.2. The van der Waals surface area contributed by atoms with Crippen LogP contribution in [0.15, 0.2) is 4.52 Å². The fourth-order valence-corrected chi connectivity index (χ4v) is 1.63. The number of rotatable bonds is 2. The highest BCUT2D eigenvalue weighted by atomic mass is 35.5. The van der Waals surface area contributed by atoms with Crippen LogP contribution in [-0.2, 0) is 12.1 Å². The molecule has 0 aromatic carbocycles. The third-order valence-electron chi connectivity index (χ3n) is 2.57. The van der Waals surface area contributed by atoms with Gasteiger partial charge in [0.05, 0.1) is 0 Å². The molecule has 1 fully saturated rings. The summed E-state index contributed by atoms with van der Waals surface area (Å²) in [5.41, 5.74) is -1.39. The second-order valence-corrected chi connectivity index (χ2v) is 3.58. The highest BCUT2D eigenvalue weighted by molar-refractivity contribution is 5.85. The zero-order valence-electron chi connectivity index (χ0n) is 8.62. The van der Waals surface area contributed by atoms with Gasteiger partial charge < -0.3 is 9.84 Å². The smallest absolute Gasteiger partial charge is 0.226 e. The molecule has 0 amide bonds. The van der Waals surface area contributed by atoms with Gasteiger partial charge in [-0.3, -0.25) is 0 Å². The van der Waals surface area contributed by atoms with Gasteiger partial charge in [-0.05, 0) is 13.1 Å². The van der Waals surface area contributed by atoms with E-state index in [-0.39, 0.29) is 18.2 Å². The minimum absolute atomic E-state index is 0. The molecule has 15 heavy (non-hydrogen) atoms. The normalized spacial score (nSPS) is 19.6. The van der Waals surface area contributed by atoms with Crippen molar-refractivity contribution in [2.24, 2.45) is 0 Å². The van der Waals surface area contributed by atoms with Crippen molar-refractivity contribution in [3.8, 4) is 0 Å². The summed E-state index contributed by atoms with van der Waals surface area (Å²) in [6.45, 7) is 3.25. The Morgan fingerprint density at radius 2 is 2.13 bits per heavy atom. The van der Waals surface area contributed by atoms with Gasteiger partial charge in [0.15, 0.2) is 5.67 Å². The van der Waals surface area contributed by atoms with Crippen molar-refractivity contribution in [2.45, 2.75) is 31.9 Å². The fourth-order valence-electron chi connectivity index (χ4n) is 1.63. The van der Waals surface area contributed by atoms with Gasteiger partial charge in [-0.1, -0.05) is 12.1 Å². The predicted molar refractivity (Wildman–Crippen MR) is 55.8 cm³/mol. The molecule has 2 heterocycles. The highest BCUT2D eigenvalue weighted by Gasteiger charge is 2.38. The quantitative estimate of drug-likeness (QED) is 0.846. The summed E-state index contributed by atoms with van der Waals surface area (Å²) in [5, 5.41) is 6.80. The number of alkyl halides is 1. The molecule has 4 nitrogen and oxygen atoms in total. The molecule has 0 radical (unpaired) electrons. The van der Waals surface area contributed by atoms with Crippen molar-refractivity contribution in [2.75, 3.05) is 13.1 Å². The lowest BCUT2D eigenvalue weighted by Crippen LogP contribution is -2.37. The second kappa shape index (κ2) is 4.90. The molecule has 1 aliphatic heterocycles. The molecule has 0 atom stereocenters. The van der Waals surface area contributed by atoms with Gasteiger partial charge in [0.1, 0.15) is 0 Å². The Labute approximate surface area is 94.0 Å². The van der Waals surface area contributed by atoms with Crippen LogP contribution in [0.2, 0.25) is 0 Å². The first-order valence-electron chi connectivity index (χ1n) is 4.97. The summed E-state index contributed by atoms with van der Waals surface area (Å²) < 4.78 is 19.1. The Morgan fingerprint density at radius 1 is 1.47 bits per heavy atom. The number of aromatic nitrogens is 2.